The fourth-order valence-electron chi connectivity index (χ4n) is 4.91. The topological polar surface area (TPSA) is 84.9 Å². The molecule has 1 aliphatic carbocycles. The lowest BCUT2D eigenvalue weighted by Crippen LogP contribution is -2.49. The molecule has 27 heavy (non-hydrogen) atoms. The van der Waals surface area contributed by atoms with Crippen LogP contribution in [0.1, 0.15) is 51.4 Å². The predicted octanol–water partition coefficient (Wildman–Crippen LogP) is 0.896. The van der Waals surface area contributed by atoms with Gasteiger partial charge in [-0.2, -0.15) is 0 Å². The van der Waals surface area contributed by atoms with Gasteiger partial charge in [-0.25, -0.2) is 0 Å². The summed E-state index contributed by atoms with van der Waals surface area (Å²) < 4.78 is 0. The smallest absolute Gasteiger partial charge is 0.317 e. The summed E-state index contributed by atoms with van der Waals surface area (Å²) in [6.45, 7) is 6.08. The number of nitrogens with one attached hydrogen (secondary N) is 2. The minimum absolute atomic E-state index is 0.0501. The lowest BCUT2D eigenvalue weighted by atomic mass is 9.91. The third-order valence-corrected chi connectivity index (χ3v) is 6.51. The van der Waals surface area contributed by atoms with Crippen LogP contribution in [0.5, 0.6) is 0 Å². The first-order chi connectivity index (χ1) is 13.1. The Morgan fingerprint density at radius 2 is 1.56 bits per heavy atom. The zero-order chi connectivity index (χ0) is 19.1. The maximum atomic E-state index is 12.6. The Balaban J connectivity index is 1.37. The summed E-state index contributed by atoms with van der Waals surface area (Å²) in [6.07, 6.45) is 8.61. The molecule has 2 heterocycles. The molecule has 1 saturated carbocycles. The number of likely N-dealkylation sites (tertiary alicyclic amines) is 1. The van der Waals surface area contributed by atoms with Crippen LogP contribution in [0.3, 0.4) is 0 Å². The first kappa shape index (κ1) is 20.6. The molecule has 0 unspecified atom stereocenters. The summed E-state index contributed by atoms with van der Waals surface area (Å²) in [6, 6.07) is 1.04. The van der Waals surface area contributed by atoms with Crippen LogP contribution in [0.15, 0.2) is 0 Å². The van der Waals surface area contributed by atoms with E-state index in [0.717, 1.165) is 44.8 Å². The number of rotatable bonds is 5. The van der Waals surface area contributed by atoms with Gasteiger partial charge in [0.25, 0.3) is 0 Å². The average molecular weight is 381 g/mol. The fourth-order valence-corrected chi connectivity index (χ4v) is 4.91. The number of carbonyl (C=O) groups excluding carboxylic acids is 1. The van der Waals surface area contributed by atoms with Crippen molar-refractivity contribution in [3.05, 3.63) is 0 Å². The van der Waals surface area contributed by atoms with Crippen molar-refractivity contribution in [2.75, 3.05) is 45.8 Å². The molecule has 0 spiro atoms. The molecule has 0 aromatic carbocycles. The van der Waals surface area contributed by atoms with Crippen molar-refractivity contribution in [1.29, 1.82) is 0 Å². The highest BCUT2D eigenvalue weighted by molar-refractivity contribution is 5.79. The Bertz CT molecular complexity index is 478. The maximum Gasteiger partial charge on any atom is 0.317 e. The second kappa shape index (κ2) is 10.4. The third kappa shape index (κ3) is 6.43. The molecule has 3 N–H and O–H groups in total. The van der Waals surface area contributed by atoms with Crippen LogP contribution < -0.4 is 10.6 Å². The van der Waals surface area contributed by atoms with E-state index in [1.165, 1.54) is 38.8 Å². The molecule has 0 bridgehead atoms. The molecule has 0 atom stereocenters. The number of carbonyl (C=O) groups is 2. The van der Waals surface area contributed by atoms with Crippen LogP contribution in [0.25, 0.3) is 0 Å². The van der Waals surface area contributed by atoms with Crippen molar-refractivity contribution in [2.24, 2.45) is 5.92 Å². The predicted molar refractivity (Wildman–Crippen MR) is 105 cm³/mol. The van der Waals surface area contributed by atoms with Gasteiger partial charge in [-0.3, -0.25) is 19.4 Å². The first-order valence-electron chi connectivity index (χ1n) is 10.8. The maximum absolute atomic E-state index is 12.6. The standard InChI is InChI=1S/C20H36N4O3/c25-19(26)15-23-11-7-16(8-12-23)20(27)22-17-3-1-5-18(6-2-4-17)24-13-9-21-10-14-24/h16-18,21H,1-15H2,(H,22,27)(H,25,26). The number of carboxylic acids is 1. The largest absolute Gasteiger partial charge is 0.480 e. The highest BCUT2D eigenvalue weighted by atomic mass is 16.4. The quantitative estimate of drug-likeness (QED) is 0.657. The molecule has 0 radical (unpaired) electrons. The number of amides is 1. The van der Waals surface area contributed by atoms with Crippen molar-refractivity contribution >= 4 is 11.9 Å². The molecule has 0 aromatic rings. The van der Waals surface area contributed by atoms with E-state index < -0.39 is 5.97 Å². The number of hydrogen-bond acceptors (Lipinski definition) is 5. The normalized spacial score (nSPS) is 29.6. The van der Waals surface area contributed by atoms with E-state index >= 15 is 0 Å². The van der Waals surface area contributed by atoms with Crippen LogP contribution in [-0.4, -0.2) is 84.7 Å². The minimum atomic E-state index is -0.786. The highest BCUT2D eigenvalue weighted by Gasteiger charge is 2.28. The van der Waals surface area contributed by atoms with Crippen LogP contribution >= 0.6 is 0 Å². The van der Waals surface area contributed by atoms with Crippen molar-refractivity contribution in [2.45, 2.75) is 63.5 Å². The minimum Gasteiger partial charge on any atom is -0.480 e. The van der Waals surface area contributed by atoms with Gasteiger partial charge in [0.05, 0.1) is 6.54 Å². The van der Waals surface area contributed by atoms with E-state index in [4.69, 9.17) is 5.11 Å². The Morgan fingerprint density at radius 1 is 0.926 bits per heavy atom. The Labute approximate surface area is 162 Å². The molecule has 1 amide bonds. The van der Waals surface area contributed by atoms with E-state index in [1.54, 1.807) is 0 Å². The van der Waals surface area contributed by atoms with Crippen molar-refractivity contribution in [3.8, 4) is 0 Å². The summed E-state index contributed by atoms with van der Waals surface area (Å²) >= 11 is 0. The second-order valence-electron chi connectivity index (χ2n) is 8.45. The zero-order valence-corrected chi connectivity index (χ0v) is 16.5. The van der Waals surface area contributed by atoms with Gasteiger partial charge in [0, 0.05) is 44.2 Å². The van der Waals surface area contributed by atoms with E-state index in [2.05, 4.69) is 15.5 Å². The van der Waals surface area contributed by atoms with Gasteiger partial charge in [-0.1, -0.05) is 0 Å². The summed E-state index contributed by atoms with van der Waals surface area (Å²) in [5.74, 6) is -0.546. The molecular formula is C20H36N4O3. The number of piperidine rings is 1. The van der Waals surface area contributed by atoms with Crippen molar-refractivity contribution in [1.82, 2.24) is 20.4 Å². The molecule has 7 nitrogen and oxygen atoms in total. The SMILES string of the molecule is O=C(O)CN1CCC(C(=O)NC2CCCC(N3CCNCC3)CCC2)CC1. The van der Waals surface area contributed by atoms with E-state index in [1.807, 2.05) is 4.90 Å². The van der Waals surface area contributed by atoms with Crippen molar-refractivity contribution < 1.29 is 14.7 Å². The molecule has 0 aromatic heterocycles. The molecule has 2 aliphatic heterocycles. The molecule has 3 rings (SSSR count). The summed E-state index contributed by atoms with van der Waals surface area (Å²) in [5.41, 5.74) is 0. The van der Waals surface area contributed by atoms with Gasteiger partial charge < -0.3 is 15.7 Å². The van der Waals surface area contributed by atoms with Crippen LogP contribution in [0, 0.1) is 5.92 Å². The van der Waals surface area contributed by atoms with Gasteiger partial charge in [0.2, 0.25) is 5.91 Å². The fraction of sp³-hybridized carbons (Fsp3) is 0.900. The van der Waals surface area contributed by atoms with Crippen LogP contribution in [0.4, 0.5) is 0 Å². The van der Waals surface area contributed by atoms with Gasteiger partial charge in [-0.15, -0.1) is 0 Å². The summed E-state index contributed by atoms with van der Waals surface area (Å²) in [5, 5.41) is 15.6. The number of carboxylic acid groups (broad SMARTS) is 1. The van der Waals surface area contributed by atoms with Gasteiger partial charge >= 0.3 is 5.97 Å². The first-order valence-corrected chi connectivity index (χ1v) is 10.8. The number of nitrogens with zero attached hydrogens (tertiary/aromatic N) is 2. The van der Waals surface area contributed by atoms with Gasteiger partial charge in [0.15, 0.2) is 0 Å². The zero-order valence-electron chi connectivity index (χ0n) is 16.5. The van der Waals surface area contributed by atoms with Crippen LogP contribution in [0.2, 0.25) is 0 Å². The Hall–Kier alpha value is -1.18. The average Bonchev–Trinajstić information content (AvgIpc) is 2.64. The second-order valence-corrected chi connectivity index (χ2v) is 8.45. The monoisotopic (exact) mass is 380 g/mol. The molecular weight excluding hydrogens is 344 g/mol. The number of hydrogen-bond donors (Lipinski definition) is 3. The Morgan fingerprint density at radius 3 is 2.15 bits per heavy atom. The van der Waals surface area contributed by atoms with Crippen molar-refractivity contribution in [3.63, 3.8) is 0 Å². The molecule has 7 heteroatoms. The summed E-state index contributed by atoms with van der Waals surface area (Å²) in [4.78, 5) is 28.0. The molecule has 3 aliphatic rings. The van der Waals surface area contributed by atoms with E-state index in [9.17, 15) is 9.59 Å². The molecule has 2 saturated heterocycles. The van der Waals surface area contributed by atoms with Crippen LogP contribution in [-0.2, 0) is 9.59 Å². The van der Waals surface area contributed by atoms with Gasteiger partial charge in [0.1, 0.15) is 0 Å². The van der Waals surface area contributed by atoms with Gasteiger partial charge in [-0.05, 0) is 64.5 Å². The van der Waals surface area contributed by atoms with E-state index in [0.29, 0.717) is 19.1 Å². The molecule has 3 fully saturated rings. The highest BCUT2D eigenvalue weighted by Crippen LogP contribution is 2.23. The number of piperazine rings is 1. The Kier molecular flexibility index (Phi) is 7.91. The summed E-state index contributed by atoms with van der Waals surface area (Å²) in [7, 11) is 0. The lowest BCUT2D eigenvalue weighted by Gasteiger charge is -2.37. The lowest BCUT2D eigenvalue weighted by molar-refractivity contribution is -0.138. The van der Waals surface area contributed by atoms with E-state index in [-0.39, 0.29) is 18.4 Å². The third-order valence-electron chi connectivity index (χ3n) is 6.51. The number of aliphatic carboxylic acids is 1. The molecule has 154 valence electrons.